The summed E-state index contributed by atoms with van der Waals surface area (Å²) in [6, 6.07) is 7.33. The first kappa shape index (κ1) is 8.10. The number of rotatable bonds is 1. The Morgan fingerprint density at radius 3 is 3.00 bits per heavy atom. The maximum Gasteiger partial charge on any atom is 0.260 e. The van der Waals surface area contributed by atoms with Gasteiger partial charge in [0, 0.05) is 6.54 Å². The van der Waals surface area contributed by atoms with Crippen molar-refractivity contribution in [2.75, 3.05) is 13.3 Å². The van der Waals surface area contributed by atoms with Crippen molar-refractivity contribution in [3.8, 4) is 5.75 Å². The Morgan fingerprint density at radius 1 is 1.46 bits per heavy atom. The van der Waals surface area contributed by atoms with Crippen LogP contribution in [-0.4, -0.2) is 24.1 Å². The van der Waals surface area contributed by atoms with Crippen molar-refractivity contribution in [2.45, 2.75) is 6.92 Å². The van der Waals surface area contributed by atoms with Gasteiger partial charge in [0.1, 0.15) is 5.75 Å². The standard InChI is InChI=1S/C10H11NO2/c1-2-11-7-13-9-6-4-3-5-8(9)10(11)12/h3-6H,2,7H2,1H3. The number of fused-ring (bicyclic) bond motifs is 1. The molecule has 0 aromatic heterocycles. The molecule has 0 atom stereocenters. The van der Waals surface area contributed by atoms with Crippen LogP contribution in [0, 0.1) is 0 Å². The molecule has 1 aromatic rings. The summed E-state index contributed by atoms with van der Waals surface area (Å²) in [4.78, 5) is 13.4. The van der Waals surface area contributed by atoms with Crippen LogP contribution in [0.25, 0.3) is 0 Å². The van der Waals surface area contributed by atoms with E-state index in [4.69, 9.17) is 4.74 Å². The van der Waals surface area contributed by atoms with Crippen LogP contribution in [0.1, 0.15) is 17.3 Å². The molecule has 0 aliphatic carbocycles. The second kappa shape index (κ2) is 3.09. The van der Waals surface area contributed by atoms with Gasteiger partial charge in [0.2, 0.25) is 0 Å². The molecule has 3 nitrogen and oxygen atoms in total. The zero-order valence-corrected chi connectivity index (χ0v) is 7.49. The number of hydrogen-bond acceptors (Lipinski definition) is 2. The molecule has 0 saturated heterocycles. The zero-order valence-electron chi connectivity index (χ0n) is 7.49. The van der Waals surface area contributed by atoms with Gasteiger partial charge in [-0.15, -0.1) is 0 Å². The topological polar surface area (TPSA) is 29.5 Å². The third kappa shape index (κ3) is 1.26. The smallest absolute Gasteiger partial charge is 0.260 e. The molecular weight excluding hydrogens is 166 g/mol. The molecular formula is C10H11NO2. The molecule has 0 unspecified atom stereocenters. The highest BCUT2D eigenvalue weighted by Gasteiger charge is 2.23. The number of para-hydroxylation sites is 1. The summed E-state index contributed by atoms with van der Waals surface area (Å²) in [5.74, 6) is 0.751. The van der Waals surface area contributed by atoms with E-state index in [1.54, 1.807) is 11.0 Å². The van der Waals surface area contributed by atoms with E-state index in [1.165, 1.54) is 0 Å². The maximum absolute atomic E-state index is 11.7. The minimum Gasteiger partial charge on any atom is -0.472 e. The van der Waals surface area contributed by atoms with Gasteiger partial charge in [-0.05, 0) is 19.1 Å². The Labute approximate surface area is 76.9 Å². The SMILES string of the molecule is CCN1COc2ccccc2C1=O. The monoisotopic (exact) mass is 177 g/mol. The van der Waals surface area contributed by atoms with Gasteiger partial charge in [0.05, 0.1) is 5.56 Å². The quantitative estimate of drug-likeness (QED) is 0.650. The summed E-state index contributed by atoms with van der Waals surface area (Å²) < 4.78 is 5.40. The molecule has 0 fully saturated rings. The van der Waals surface area contributed by atoms with Crippen LogP contribution in [0.4, 0.5) is 0 Å². The van der Waals surface area contributed by atoms with Gasteiger partial charge in [-0.2, -0.15) is 0 Å². The Bertz CT molecular complexity index is 335. The number of ether oxygens (including phenoxy) is 1. The van der Waals surface area contributed by atoms with E-state index in [0.29, 0.717) is 24.6 Å². The van der Waals surface area contributed by atoms with Crippen molar-refractivity contribution >= 4 is 5.91 Å². The molecule has 1 heterocycles. The summed E-state index contributed by atoms with van der Waals surface area (Å²) in [6.45, 7) is 2.99. The molecule has 1 amide bonds. The van der Waals surface area contributed by atoms with Crippen LogP contribution in [-0.2, 0) is 0 Å². The van der Waals surface area contributed by atoms with Gasteiger partial charge in [-0.1, -0.05) is 12.1 Å². The molecule has 1 aliphatic rings. The van der Waals surface area contributed by atoms with Crippen molar-refractivity contribution in [1.29, 1.82) is 0 Å². The van der Waals surface area contributed by atoms with E-state index in [9.17, 15) is 4.79 Å². The largest absolute Gasteiger partial charge is 0.472 e. The second-order valence-corrected chi connectivity index (χ2v) is 2.93. The number of benzene rings is 1. The number of carbonyl (C=O) groups excluding carboxylic acids is 1. The first-order valence-corrected chi connectivity index (χ1v) is 4.34. The Morgan fingerprint density at radius 2 is 2.23 bits per heavy atom. The van der Waals surface area contributed by atoms with E-state index in [0.717, 1.165) is 0 Å². The minimum absolute atomic E-state index is 0.0596. The highest BCUT2D eigenvalue weighted by molar-refractivity contribution is 5.97. The van der Waals surface area contributed by atoms with Crippen molar-refractivity contribution in [1.82, 2.24) is 4.90 Å². The lowest BCUT2D eigenvalue weighted by Crippen LogP contribution is -2.38. The molecule has 1 aliphatic heterocycles. The predicted octanol–water partition coefficient (Wildman–Crippen LogP) is 1.50. The van der Waals surface area contributed by atoms with Gasteiger partial charge < -0.3 is 9.64 Å². The lowest BCUT2D eigenvalue weighted by Gasteiger charge is -2.27. The number of carbonyl (C=O) groups is 1. The van der Waals surface area contributed by atoms with Crippen LogP contribution < -0.4 is 4.74 Å². The normalized spacial score (nSPS) is 15.2. The predicted molar refractivity (Wildman–Crippen MR) is 48.6 cm³/mol. The Hall–Kier alpha value is -1.51. The summed E-state index contributed by atoms with van der Waals surface area (Å²) in [5.41, 5.74) is 0.663. The molecule has 0 radical (unpaired) electrons. The van der Waals surface area contributed by atoms with Crippen molar-refractivity contribution < 1.29 is 9.53 Å². The van der Waals surface area contributed by atoms with Gasteiger partial charge >= 0.3 is 0 Å². The van der Waals surface area contributed by atoms with Crippen molar-refractivity contribution in [3.63, 3.8) is 0 Å². The van der Waals surface area contributed by atoms with Gasteiger partial charge in [-0.25, -0.2) is 0 Å². The van der Waals surface area contributed by atoms with Gasteiger partial charge in [0.25, 0.3) is 5.91 Å². The lowest BCUT2D eigenvalue weighted by molar-refractivity contribution is 0.0538. The molecule has 1 aromatic carbocycles. The molecule has 3 heteroatoms. The van der Waals surface area contributed by atoms with E-state index < -0.39 is 0 Å². The lowest BCUT2D eigenvalue weighted by atomic mass is 10.1. The molecule has 0 spiro atoms. The van der Waals surface area contributed by atoms with Crippen molar-refractivity contribution in [3.05, 3.63) is 29.8 Å². The molecule has 0 saturated carbocycles. The number of hydrogen-bond donors (Lipinski definition) is 0. The van der Waals surface area contributed by atoms with Crippen LogP contribution in [0.3, 0.4) is 0 Å². The molecule has 2 rings (SSSR count). The first-order valence-electron chi connectivity index (χ1n) is 4.34. The zero-order chi connectivity index (χ0) is 9.26. The number of amides is 1. The fraction of sp³-hybridized carbons (Fsp3) is 0.300. The summed E-state index contributed by atoms with van der Waals surface area (Å²) >= 11 is 0. The van der Waals surface area contributed by atoms with E-state index in [2.05, 4.69) is 0 Å². The number of nitrogens with zero attached hydrogens (tertiary/aromatic N) is 1. The van der Waals surface area contributed by atoms with E-state index in [-0.39, 0.29) is 5.91 Å². The van der Waals surface area contributed by atoms with E-state index >= 15 is 0 Å². The Balaban J connectivity index is 2.39. The minimum atomic E-state index is 0.0596. The highest BCUT2D eigenvalue weighted by atomic mass is 16.5. The summed E-state index contributed by atoms with van der Waals surface area (Å²) in [5, 5.41) is 0. The summed E-state index contributed by atoms with van der Waals surface area (Å²) in [6.07, 6.45) is 0. The maximum atomic E-state index is 11.7. The fourth-order valence-corrected chi connectivity index (χ4v) is 1.38. The highest BCUT2D eigenvalue weighted by Crippen LogP contribution is 2.23. The molecule has 13 heavy (non-hydrogen) atoms. The third-order valence-electron chi connectivity index (χ3n) is 2.16. The second-order valence-electron chi connectivity index (χ2n) is 2.93. The van der Waals surface area contributed by atoms with Gasteiger partial charge in [0.15, 0.2) is 6.73 Å². The van der Waals surface area contributed by atoms with Gasteiger partial charge in [-0.3, -0.25) is 4.79 Å². The molecule has 68 valence electrons. The first-order chi connectivity index (χ1) is 6.33. The Kier molecular flexibility index (Phi) is 1.93. The third-order valence-corrected chi connectivity index (χ3v) is 2.16. The van der Waals surface area contributed by atoms with Crippen LogP contribution >= 0.6 is 0 Å². The van der Waals surface area contributed by atoms with Crippen molar-refractivity contribution in [2.24, 2.45) is 0 Å². The van der Waals surface area contributed by atoms with Crippen LogP contribution in [0.15, 0.2) is 24.3 Å². The average molecular weight is 177 g/mol. The van der Waals surface area contributed by atoms with Crippen LogP contribution in [0.5, 0.6) is 5.75 Å². The molecule has 0 N–H and O–H groups in total. The van der Waals surface area contributed by atoms with Crippen LogP contribution in [0.2, 0.25) is 0 Å². The summed E-state index contributed by atoms with van der Waals surface area (Å²) in [7, 11) is 0. The molecule has 0 bridgehead atoms. The fourth-order valence-electron chi connectivity index (χ4n) is 1.38. The van der Waals surface area contributed by atoms with E-state index in [1.807, 2.05) is 25.1 Å². The average Bonchev–Trinajstić information content (AvgIpc) is 2.19.